The molecule has 0 spiro atoms. The average Bonchev–Trinajstić information content (AvgIpc) is 2.73. The number of fused-ring (bicyclic) bond motifs is 1. The van der Waals surface area contributed by atoms with Gasteiger partial charge in [-0.1, -0.05) is 73.7 Å². The van der Waals surface area contributed by atoms with E-state index in [1.165, 1.54) is 38.6 Å². The highest BCUT2D eigenvalue weighted by Gasteiger charge is 2.03. The number of aryl methyl sites for hydroxylation is 1. The summed E-state index contributed by atoms with van der Waals surface area (Å²) in [6.07, 6.45) is 1.07. The summed E-state index contributed by atoms with van der Waals surface area (Å²) >= 11 is 0. The maximum atomic E-state index is 5.23. The fourth-order valence-electron chi connectivity index (χ4n) is 3.33. The standard InChI is InChI=1S/C25H22O/c1-3-18-4-5-24-17-23(11-10-22(24)16-18)21-8-6-19(7-9-21)20-12-14-25(26-2)15-13-20/h4-17H,3H2,1-2H3. The summed E-state index contributed by atoms with van der Waals surface area (Å²) in [4.78, 5) is 0. The van der Waals surface area contributed by atoms with E-state index < -0.39 is 0 Å². The summed E-state index contributed by atoms with van der Waals surface area (Å²) < 4.78 is 5.23. The van der Waals surface area contributed by atoms with Crippen LogP contribution in [0.5, 0.6) is 5.75 Å². The first-order chi connectivity index (χ1) is 12.8. The van der Waals surface area contributed by atoms with Crippen LogP contribution in [0.2, 0.25) is 0 Å². The van der Waals surface area contributed by atoms with E-state index in [2.05, 4.69) is 79.7 Å². The molecule has 4 aromatic carbocycles. The first-order valence-corrected chi connectivity index (χ1v) is 9.04. The van der Waals surface area contributed by atoms with E-state index in [4.69, 9.17) is 4.74 Å². The molecule has 0 radical (unpaired) electrons. The number of rotatable bonds is 4. The van der Waals surface area contributed by atoms with Crippen LogP contribution >= 0.6 is 0 Å². The highest BCUT2D eigenvalue weighted by Crippen LogP contribution is 2.28. The van der Waals surface area contributed by atoms with Gasteiger partial charge in [0.15, 0.2) is 0 Å². The minimum absolute atomic E-state index is 0.882. The summed E-state index contributed by atoms with van der Waals surface area (Å²) in [5.74, 6) is 0.882. The van der Waals surface area contributed by atoms with Crippen molar-refractivity contribution in [2.24, 2.45) is 0 Å². The number of hydrogen-bond donors (Lipinski definition) is 0. The zero-order valence-corrected chi connectivity index (χ0v) is 15.2. The van der Waals surface area contributed by atoms with Crippen molar-refractivity contribution in [3.63, 3.8) is 0 Å². The van der Waals surface area contributed by atoms with Gasteiger partial charge in [-0.05, 0) is 63.2 Å². The van der Waals surface area contributed by atoms with E-state index in [1.54, 1.807) is 7.11 Å². The Balaban J connectivity index is 1.64. The number of hydrogen-bond acceptors (Lipinski definition) is 1. The lowest BCUT2D eigenvalue weighted by Gasteiger charge is -2.08. The first kappa shape index (κ1) is 16.4. The average molecular weight is 338 g/mol. The fraction of sp³-hybridized carbons (Fsp3) is 0.120. The fourth-order valence-corrected chi connectivity index (χ4v) is 3.33. The molecule has 1 nitrogen and oxygen atoms in total. The smallest absolute Gasteiger partial charge is 0.118 e. The van der Waals surface area contributed by atoms with Crippen LogP contribution in [0.3, 0.4) is 0 Å². The van der Waals surface area contributed by atoms with Crippen molar-refractivity contribution in [1.29, 1.82) is 0 Å². The molecule has 0 N–H and O–H groups in total. The normalized spacial score (nSPS) is 10.8. The van der Waals surface area contributed by atoms with Crippen molar-refractivity contribution in [2.45, 2.75) is 13.3 Å². The van der Waals surface area contributed by atoms with Crippen molar-refractivity contribution >= 4 is 10.8 Å². The molecule has 0 saturated carbocycles. The van der Waals surface area contributed by atoms with Crippen LogP contribution in [0.1, 0.15) is 12.5 Å². The van der Waals surface area contributed by atoms with Crippen molar-refractivity contribution < 1.29 is 4.74 Å². The second-order valence-corrected chi connectivity index (χ2v) is 6.56. The van der Waals surface area contributed by atoms with E-state index in [0.717, 1.165) is 12.2 Å². The minimum atomic E-state index is 0.882. The summed E-state index contributed by atoms with van der Waals surface area (Å²) in [6, 6.07) is 30.4. The Bertz CT molecular complexity index is 1030. The van der Waals surface area contributed by atoms with Crippen LogP contribution in [0, 0.1) is 0 Å². The Morgan fingerprint density at radius 3 is 1.69 bits per heavy atom. The van der Waals surface area contributed by atoms with Gasteiger partial charge in [-0.2, -0.15) is 0 Å². The largest absolute Gasteiger partial charge is 0.497 e. The van der Waals surface area contributed by atoms with Crippen LogP contribution in [0.4, 0.5) is 0 Å². The first-order valence-electron chi connectivity index (χ1n) is 9.04. The van der Waals surface area contributed by atoms with Crippen LogP contribution in [0.15, 0.2) is 84.9 Å². The van der Waals surface area contributed by atoms with Crippen LogP contribution in [0.25, 0.3) is 33.0 Å². The van der Waals surface area contributed by atoms with Gasteiger partial charge < -0.3 is 4.74 Å². The summed E-state index contributed by atoms with van der Waals surface area (Å²) in [6.45, 7) is 2.19. The predicted molar refractivity (Wildman–Crippen MR) is 111 cm³/mol. The molecule has 0 fully saturated rings. The molecule has 0 saturated heterocycles. The van der Waals surface area contributed by atoms with Gasteiger partial charge in [0.25, 0.3) is 0 Å². The molecule has 0 amide bonds. The third kappa shape index (κ3) is 3.21. The Labute approximate surface area is 154 Å². The molecule has 4 rings (SSSR count). The summed E-state index contributed by atoms with van der Waals surface area (Å²) in [5, 5.41) is 2.60. The van der Waals surface area contributed by atoms with E-state index in [1.807, 2.05) is 12.1 Å². The minimum Gasteiger partial charge on any atom is -0.497 e. The Hall–Kier alpha value is -3.06. The molecule has 0 bridgehead atoms. The molecule has 0 unspecified atom stereocenters. The van der Waals surface area contributed by atoms with Gasteiger partial charge in [0, 0.05) is 0 Å². The molecule has 128 valence electrons. The molecule has 0 aromatic heterocycles. The number of benzene rings is 4. The molecule has 0 aliphatic carbocycles. The molecular weight excluding hydrogens is 316 g/mol. The van der Waals surface area contributed by atoms with Crippen LogP contribution in [-0.2, 0) is 6.42 Å². The zero-order chi connectivity index (χ0) is 17.9. The third-order valence-electron chi connectivity index (χ3n) is 4.95. The number of methoxy groups -OCH3 is 1. The van der Waals surface area contributed by atoms with Crippen molar-refractivity contribution in [3.8, 4) is 28.0 Å². The quantitative estimate of drug-likeness (QED) is 0.400. The molecule has 0 aliphatic heterocycles. The summed E-state index contributed by atoms with van der Waals surface area (Å²) in [5.41, 5.74) is 6.29. The zero-order valence-electron chi connectivity index (χ0n) is 15.2. The molecule has 0 aliphatic rings. The molecule has 4 aromatic rings. The van der Waals surface area contributed by atoms with E-state index in [0.29, 0.717) is 0 Å². The van der Waals surface area contributed by atoms with Crippen LogP contribution < -0.4 is 4.74 Å². The van der Waals surface area contributed by atoms with Gasteiger partial charge in [0.1, 0.15) is 5.75 Å². The lowest BCUT2D eigenvalue weighted by molar-refractivity contribution is 0.415. The topological polar surface area (TPSA) is 9.23 Å². The highest BCUT2D eigenvalue weighted by molar-refractivity contribution is 5.88. The van der Waals surface area contributed by atoms with Gasteiger partial charge in [0.2, 0.25) is 0 Å². The predicted octanol–water partition coefficient (Wildman–Crippen LogP) is 6.74. The van der Waals surface area contributed by atoms with Gasteiger partial charge in [-0.3, -0.25) is 0 Å². The Morgan fingerprint density at radius 2 is 1.08 bits per heavy atom. The molecule has 1 heteroatoms. The SMILES string of the molecule is CCc1ccc2cc(-c3ccc(-c4ccc(OC)cc4)cc3)ccc2c1. The lowest BCUT2D eigenvalue weighted by Crippen LogP contribution is -1.84. The summed E-state index contributed by atoms with van der Waals surface area (Å²) in [7, 11) is 1.69. The maximum Gasteiger partial charge on any atom is 0.118 e. The highest BCUT2D eigenvalue weighted by atomic mass is 16.5. The lowest BCUT2D eigenvalue weighted by atomic mass is 9.97. The molecular formula is C25H22O. The van der Waals surface area contributed by atoms with Crippen molar-refractivity contribution in [3.05, 3.63) is 90.5 Å². The van der Waals surface area contributed by atoms with Gasteiger partial charge in [0.05, 0.1) is 7.11 Å². The van der Waals surface area contributed by atoms with Gasteiger partial charge >= 0.3 is 0 Å². The Morgan fingerprint density at radius 1 is 0.577 bits per heavy atom. The molecule has 0 atom stereocenters. The van der Waals surface area contributed by atoms with Crippen molar-refractivity contribution in [2.75, 3.05) is 7.11 Å². The second-order valence-electron chi connectivity index (χ2n) is 6.56. The second kappa shape index (κ2) is 7.05. The monoisotopic (exact) mass is 338 g/mol. The van der Waals surface area contributed by atoms with E-state index in [-0.39, 0.29) is 0 Å². The number of ether oxygens (including phenoxy) is 1. The van der Waals surface area contributed by atoms with Gasteiger partial charge in [-0.25, -0.2) is 0 Å². The Kier molecular flexibility index (Phi) is 4.45. The molecule has 0 heterocycles. The van der Waals surface area contributed by atoms with Gasteiger partial charge in [-0.15, -0.1) is 0 Å². The van der Waals surface area contributed by atoms with E-state index >= 15 is 0 Å². The third-order valence-corrected chi connectivity index (χ3v) is 4.95. The molecule has 26 heavy (non-hydrogen) atoms. The van der Waals surface area contributed by atoms with E-state index in [9.17, 15) is 0 Å². The van der Waals surface area contributed by atoms with Crippen LogP contribution in [-0.4, -0.2) is 7.11 Å². The maximum absolute atomic E-state index is 5.23. The van der Waals surface area contributed by atoms with Crippen molar-refractivity contribution in [1.82, 2.24) is 0 Å².